The summed E-state index contributed by atoms with van der Waals surface area (Å²) in [6.45, 7) is 5.59. The van der Waals surface area contributed by atoms with Crippen LogP contribution in [0, 0.1) is 58.2 Å². The molecule has 1 atom stereocenters. The van der Waals surface area contributed by atoms with Crippen LogP contribution in [0.5, 0.6) is 0 Å². The minimum atomic E-state index is -0.101. The molecule has 0 aromatic carbocycles. The molecule has 0 spiro atoms. The lowest BCUT2D eigenvalue weighted by molar-refractivity contribution is 0.244. The first-order chi connectivity index (χ1) is 9.51. The van der Waals surface area contributed by atoms with Crippen molar-refractivity contribution in [1.29, 1.82) is 15.8 Å². The lowest BCUT2D eigenvalue weighted by Gasteiger charge is -2.21. The van der Waals surface area contributed by atoms with Crippen LogP contribution in [0.15, 0.2) is 23.0 Å². The number of ether oxygens (including phenoxy) is 1. The second-order valence-corrected chi connectivity index (χ2v) is 4.49. The molecule has 0 amide bonds. The molecule has 0 heterocycles. The van der Waals surface area contributed by atoms with Gasteiger partial charge in [-0.25, -0.2) is 0 Å². The van der Waals surface area contributed by atoms with Crippen LogP contribution in [-0.2, 0) is 4.74 Å². The number of allylic oxidation sites excluding steroid dienone is 4. The van der Waals surface area contributed by atoms with E-state index in [2.05, 4.69) is 12.0 Å². The summed E-state index contributed by atoms with van der Waals surface area (Å²) in [7, 11) is 0. The van der Waals surface area contributed by atoms with E-state index in [0.29, 0.717) is 17.8 Å². The molecule has 0 aromatic rings. The number of nitriles is 3. The molecule has 0 N–H and O–H groups in total. The molecule has 0 fully saturated rings. The van der Waals surface area contributed by atoms with Crippen molar-refractivity contribution in [3.8, 4) is 30.6 Å². The zero-order valence-corrected chi connectivity index (χ0v) is 12.0. The number of nitrogens with zero attached hydrogens (tertiary/aromatic N) is 3. The molecular weight excluding hydrogens is 250 g/mol. The Morgan fingerprint density at radius 1 is 1.25 bits per heavy atom. The van der Waals surface area contributed by atoms with E-state index in [1.165, 1.54) is 0 Å². The number of hydrogen-bond donors (Lipinski definition) is 0. The van der Waals surface area contributed by atoms with Gasteiger partial charge in [-0.05, 0) is 24.5 Å². The van der Waals surface area contributed by atoms with Gasteiger partial charge in [0.1, 0.15) is 17.7 Å². The predicted octanol–water partition coefficient (Wildman–Crippen LogP) is 3.07. The number of terminal acetylenes is 1. The van der Waals surface area contributed by atoms with Gasteiger partial charge >= 0.3 is 0 Å². The molecule has 0 rings (SSSR count). The highest BCUT2D eigenvalue weighted by Gasteiger charge is 2.20. The van der Waals surface area contributed by atoms with Crippen LogP contribution in [-0.4, -0.2) is 6.61 Å². The molecule has 4 heteroatoms. The highest BCUT2D eigenvalue weighted by molar-refractivity contribution is 5.45. The van der Waals surface area contributed by atoms with Gasteiger partial charge < -0.3 is 4.74 Å². The highest BCUT2D eigenvalue weighted by atomic mass is 16.5. The summed E-state index contributed by atoms with van der Waals surface area (Å²) in [5, 5.41) is 26.5. The van der Waals surface area contributed by atoms with Crippen LogP contribution in [0.1, 0.15) is 27.2 Å². The van der Waals surface area contributed by atoms with Gasteiger partial charge in [0.05, 0.1) is 11.8 Å². The standard InChI is InChI=1S/C16H17N3O/c1-5-14(11-19)10-16(13(4)20-9-8-18)15(6-7-17)12(2)3/h1,10,12,15H,6,9H2,2-4H3/b14-10+,16-13-. The Labute approximate surface area is 120 Å². The molecule has 0 saturated carbocycles. The van der Waals surface area contributed by atoms with E-state index in [1.807, 2.05) is 26.0 Å². The normalized spacial score (nSPS) is 13.3. The molecule has 0 saturated heterocycles. The van der Waals surface area contributed by atoms with Crippen molar-refractivity contribution >= 4 is 0 Å². The molecule has 20 heavy (non-hydrogen) atoms. The Morgan fingerprint density at radius 2 is 1.90 bits per heavy atom. The van der Waals surface area contributed by atoms with Crippen molar-refractivity contribution in [2.45, 2.75) is 27.2 Å². The maximum absolute atomic E-state index is 8.95. The van der Waals surface area contributed by atoms with Gasteiger partial charge in [0.2, 0.25) is 0 Å². The average Bonchev–Trinajstić information content (AvgIpc) is 2.44. The molecule has 0 bridgehead atoms. The molecule has 0 aromatic heterocycles. The van der Waals surface area contributed by atoms with Crippen LogP contribution in [0.3, 0.4) is 0 Å². The SMILES string of the molecule is C#C/C(C#N)=C\C(=C(/C)OCC#N)C(CC#N)C(C)C. The summed E-state index contributed by atoms with van der Waals surface area (Å²) < 4.78 is 5.31. The Balaban J connectivity index is 5.78. The van der Waals surface area contributed by atoms with E-state index >= 15 is 0 Å². The summed E-state index contributed by atoms with van der Waals surface area (Å²) >= 11 is 0. The van der Waals surface area contributed by atoms with Crippen LogP contribution in [0.4, 0.5) is 0 Å². The fraction of sp³-hybridized carbons (Fsp3) is 0.438. The highest BCUT2D eigenvalue weighted by Crippen LogP contribution is 2.28. The van der Waals surface area contributed by atoms with Crippen molar-refractivity contribution < 1.29 is 4.74 Å². The third-order valence-electron chi connectivity index (χ3n) is 2.85. The predicted molar refractivity (Wildman–Crippen MR) is 75.4 cm³/mol. The van der Waals surface area contributed by atoms with Crippen LogP contribution >= 0.6 is 0 Å². The van der Waals surface area contributed by atoms with E-state index in [4.69, 9.17) is 26.9 Å². The Morgan fingerprint density at radius 3 is 2.30 bits per heavy atom. The summed E-state index contributed by atoms with van der Waals surface area (Å²) in [5.74, 6) is 2.89. The van der Waals surface area contributed by atoms with Gasteiger partial charge in [0.25, 0.3) is 0 Å². The van der Waals surface area contributed by atoms with Crippen LogP contribution in [0.25, 0.3) is 0 Å². The average molecular weight is 267 g/mol. The molecule has 0 aliphatic rings. The zero-order valence-electron chi connectivity index (χ0n) is 12.0. The lowest BCUT2D eigenvalue weighted by atomic mass is 9.84. The van der Waals surface area contributed by atoms with Crippen molar-refractivity contribution in [3.05, 3.63) is 23.0 Å². The molecule has 0 aliphatic carbocycles. The monoisotopic (exact) mass is 267 g/mol. The van der Waals surface area contributed by atoms with Gasteiger partial charge in [0, 0.05) is 12.3 Å². The van der Waals surface area contributed by atoms with Crippen molar-refractivity contribution in [2.24, 2.45) is 11.8 Å². The quantitative estimate of drug-likeness (QED) is 0.320. The van der Waals surface area contributed by atoms with Gasteiger partial charge in [-0.2, -0.15) is 15.8 Å². The molecular formula is C16H17N3O. The van der Waals surface area contributed by atoms with Gasteiger partial charge in [0.15, 0.2) is 6.61 Å². The maximum atomic E-state index is 8.95. The molecule has 102 valence electrons. The van der Waals surface area contributed by atoms with Crippen LogP contribution < -0.4 is 0 Å². The van der Waals surface area contributed by atoms with E-state index in [0.717, 1.165) is 0 Å². The zero-order chi connectivity index (χ0) is 15.5. The Kier molecular flexibility index (Phi) is 8.02. The minimum Gasteiger partial charge on any atom is -0.483 e. The first-order valence-electron chi connectivity index (χ1n) is 6.17. The first-order valence-corrected chi connectivity index (χ1v) is 6.17. The molecule has 0 radical (unpaired) electrons. The molecule has 1 unspecified atom stereocenters. The van der Waals surface area contributed by atoms with E-state index < -0.39 is 0 Å². The second-order valence-electron chi connectivity index (χ2n) is 4.49. The van der Waals surface area contributed by atoms with Gasteiger partial charge in [-0.1, -0.05) is 19.8 Å². The third kappa shape index (κ3) is 5.30. The summed E-state index contributed by atoms with van der Waals surface area (Å²) in [5.41, 5.74) is 0.870. The molecule has 4 nitrogen and oxygen atoms in total. The van der Waals surface area contributed by atoms with Crippen molar-refractivity contribution in [1.82, 2.24) is 0 Å². The van der Waals surface area contributed by atoms with Gasteiger partial charge in [-0.3, -0.25) is 0 Å². The first kappa shape index (κ1) is 17.3. The molecule has 0 aliphatic heterocycles. The minimum absolute atomic E-state index is 0.0848. The van der Waals surface area contributed by atoms with Gasteiger partial charge in [-0.15, -0.1) is 6.42 Å². The summed E-state index contributed by atoms with van der Waals surface area (Å²) in [6, 6.07) is 5.94. The van der Waals surface area contributed by atoms with E-state index in [9.17, 15) is 0 Å². The topological polar surface area (TPSA) is 80.6 Å². The Hall–Kier alpha value is -2.69. The van der Waals surface area contributed by atoms with Crippen LogP contribution in [0.2, 0.25) is 0 Å². The van der Waals surface area contributed by atoms with Crippen molar-refractivity contribution in [3.63, 3.8) is 0 Å². The fourth-order valence-corrected chi connectivity index (χ4v) is 1.76. The maximum Gasteiger partial charge on any atom is 0.174 e. The van der Waals surface area contributed by atoms with E-state index in [-0.39, 0.29) is 24.0 Å². The smallest absolute Gasteiger partial charge is 0.174 e. The van der Waals surface area contributed by atoms with Crippen molar-refractivity contribution in [2.75, 3.05) is 6.61 Å². The number of hydrogen-bond acceptors (Lipinski definition) is 4. The summed E-state index contributed by atoms with van der Waals surface area (Å²) in [6.07, 6.45) is 7.12. The summed E-state index contributed by atoms with van der Waals surface area (Å²) in [4.78, 5) is 0. The third-order valence-corrected chi connectivity index (χ3v) is 2.85. The second kappa shape index (κ2) is 9.27. The fourth-order valence-electron chi connectivity index (χ4n) is 1.76. The number of rotatable bonds is 6. The Bertz CT molecular complexity index is 540. The van der Waals surface area contributed by atoms with E-state index in [1.54, 1.807) is 13.0 Å². The largest absolute Gasteiger partial charge is 0.483 e. The lowest BCUT2D eigenvalue weighted by Crippen LogP contribution is -2.13.